The highest BCUT2D eigenvalue weighted by molar-refractivity contribution is 5.94. The van der Waals surface area contributed by atoms with Crippen molar-refractivity contribution in [3.05, 3.63) is 35.9 Å². The molecule has 3 fully saturated rings. The van der Waals surface area contributed by atoms with Gasteiger partial charge >= 0.3 is 0 Å². The van der Waals surface area contributed by atoms with E-state index in [2.05, 4.69) is 0 Å². The summed E-state index contributed by atoms with van der Waals surface area (Å²) < 4.78 is 0. The summed E-state index contributed by atoms with van der Waals surface area (Å²) in [6.45, 7) is 2.68. The molecule has 2 saturated carbocycles. The Morgan fingerprint density at radius 3 is 2.17 bits per heavy atom. The van der Waals surface area contributed by atoms with Crippen LogP contribution >= 0.6 is 0 Å². The first-order valence-corrected chi connectivity index (χ1v) is 8.85. The van der Waals surface area contributed by atoms with E-state index in [9.17, 15) is 9.59 Å². The Labute approximate surface area is 137 Å². The lowest BCUT2D eigenvalue weighted by Crippen LogP contribution is -2.52. The topological polar surface area (TPSA) is 40.6 Å². The molecule has 0 aromatic heterocycles. The molecule has 1 aromatic carbocycles. The number of carbonyl (C=O) groups excluding carboxylic acids is 2. The van der Waals surface area contributed by atoms with Crippen LogP contribution in [-0.4, -0.2) is 47.8 Å². The second-order valence-electron chi connectivity index (χ2n) is 7.26. The van der Waals surface area contributed by atoms with Crippen LogP contribution in [0.2, 0.25) is 0 Å². The molecule has 1 aliphatic heterocycles. The maximum atomic E-state index is 12.8. The molecule has 3 atom stereocenters. The van der Waals surface area contributed by atoms with Crippen LogP contribution in [0.5, 0.6) is 0 Å². The van der Waals surface area contributed by atoms with Crippen molar-refractivity contribution < 1.29 is 9.59 Å². The molecule has 0 spiro atoms. The molecule has 23 heavy (non-hydrogen) atoms. The number of hydrogen-bond donors (Lipinski definition) is 0. The van der Waals surface area contributed by atoms with E-state index in [1.165, 1.54) is 19.3 Å². The monoisotopic (exact) mass is 312 g/mol. The summed E-state index contributed by atoms with van der Waals surface area (Å²) in [5.74, 6) is 2.14. The molecule has 2 aliphatic carbocycles. The Balaban J connectivity index is 1.34. The highest BCUT2D eigenvalue weighted by Gasteiger charge is 2.44. The lowest BCUT2D eigenvalue weighted by molar-refractivity contribution is -0.138. The van der Waals surface area contributed by atoms with Gasteiger partial charge in [0.05, 0.1) is 0 Å². The van der Waals surface area contributed by atoms with Gasteiger partial charge in [0.2, 0.25) is 5.91 Å². The summed E-state index contributed by atoms with van der Waals surface area (Å²) in [4.78, 5) is 29.1. The van der Waals surface area contributed by atoms with Gasteiger partial charge in [0, 0.05) is 37.7 Å². The van der Waals surface area contributed by atoms with E-state index in [0.717, 1.165) is 17.9 Å². The average molecular weight is 312 g/mol. The van der Waals surface area contributed by atoms with Gasteiger partial charge in [-0.1, -0.05) is 24.6 Å². The van der Waals surface area contributed by atoms with E-state index in [1.807, 2.05) is 40.1 Å². The summed E-state index contributed by atoms with van der Waals surface area (Å²) in [6, 6.07) is 9.41. The van der Waals surface area contributed by atoms with Crippen molar-refractivity contribution in [3.63, 3.8) is 0 Å². The van der Waals surface area contributed by atoms with Gasteiger partial charge in [-0.3, -0.25) is 9.59 Å². The van der Waals surface area contributed by atoms with Crippen LogP contribution < -0.4 is 0 Å². The number of carbonyl (C=O) groups is 2. The highest BCUT2D eigenvalue weighted by Crippen LogP contribution is 2.48. The molecule has 122 valence electrons. The average Bonchev–Trinajstić information content (AvgIpc) is 3.25. The molecule has 0 N–H and O–H groups in total. The van der Waals surface area contributed by atoms with Crippen LogP contribution in [0.3, 0.4) is 0 Å². The summed E-state index contributed by atoms with van der Waals surface area (Å²) >= 11 is 0. The van der Waals surface area contributed by atoms with Crippen molar-refractivity contribution in [3.8, 4) is 0 Å². The van der Waals surface area contributed by atoms with Gasteiger partial charge in [-0.05, 0) is 43.2 Å². The van der Waals surface area contributed by atoms with Gasteiger partial charge in [-0.25, -0.2) is 0 Å². The van der Waals surface area contributed by atoms with E-state index < -0.39 is 0 Å². The fourth-order valence-electron chi connectivity index (χ4n) is 4.67. The summed E-state index contributed by atoms with van der Waals surface area (Å²) in [5.41, 5.74) is 0.736. The molecule has 4 rings (SSSR count). The Hall–Kier alpha value is -1.84. The minimum Gasteiger partial charge on any atom is -0.339 e. The molecule has 3 aliphatic rings. The molecular formula is C19H24N2O2. The zero-order valence-electron chi connectivity index (χ0n) is 13.5. The third-order valence-corrected chi connectivity index (χ3v) is 5.95. The molecule has 4 heteroatoms. The molecular weight excluding hydrogens is 288 g/mol. The second kappa shape index (κ2) is 5.99. The normalized spacial score (nSPS) is 29.8. The van der Waals surface area contributed by atoms with E-state index in [1.54, 1.807) is 0 Å². The van der Waals surface area contributed by atoms with Crippen molar-refractivity contribution in [1.82, 2.24) is 9.80 Å². The SMILES string of the molecule is O=C(c1ccccc1)N1CCN(C(=O)[C@H]2C[C@H]3CC[C@H]2C3)CC1. The standard InChI is InChI=1S/C19H24N2O2/c22-18(15-4-2-1-3-5-15)20-8-10-21(11-9-20)19(23)17-13-14-6-7-16(17)12-14/h1-5,14,16-17H,6-13H2/t14-,16-,17-/m0/s1. The van der Waals surface area contributed by atoms with Gasteiger partial charge in [-0.2, -0.15) is 0 Å². The van der Waals surface area contributed by atoms with Crippen LogP contribution in [-0.2, 0) is 4.79 Å². The van der Waals surface area contributed by atoms with Crippen molar-refractivity contribution in [1.29, 1.82) is 0 Å². The first-order valence-electron chi connectivity index (χ1n) is 8.85. The maximum absolute atomic E-state index is 12.8. The van der Waals surface area contributed by atoms with Crippen molar-refractivity contribution in [2.24, 2.45) is 17.8 Å². The van der Waals surface area contributed by atoms with Crippen molar-refractivity contribution in [2.75, 3.05) is 26.2 Å². The van der Waals surface area contributed by atoms with Gasteiger partial charge in [0.1, 0.15) is 0 Å². The van der Waals surface area contributed by atoms with Crippen molar-refractivity contribution in [2.45, 2.75) is 25.7 Å². The smallest absolute Gasteiger partial charge is 0.253 e. The van der Waals surface area contributed by atoms with Gasteiger partial charge in [-0.15, -0.1) is 0 Å². The molecule has 0 radical (unpaired) electrons. The molecule has 2 bridgehead atoms. The Bertz CT molecular complexity index is 593. The Morgan fingerprint density at radius 2 is 1.57 bits per heavy atom. The minimum atomic E-state index is 0.0811. The maximum Gasteiger partial charge on any atom is 0.253 e. The van der Waals surface area contributed by atoms with Gasteiger partial charge in [0.15, 0.2) is 0 Å². The zero-order valence-corrected chi connectivity index (χ0v) is 13.5. The number of benzene rings is 1. The van der Waals surface area contributed by atoms with E-state index in [-0.39, 0.29) is 11.8 Å². The number of rotatable bonds is 2. The van der Waals surface area contributed by atoms with Gasteiger partial charge in [0.25, 0.3) is 5.91 Å². The quantitative estimate of drug-likeness (QED) is 0.841. The van der Waals surface area contributed by atoms with Crippen molar-refractivity contribution >= 4 is 11.8 Å². The van der Waals surface area contributed by atoms with E-state index in [4.69, 9.17) is 0 Å². The van der Waals surface area contributed by atoms with Crippen LogP contribution in [0, 0.1) is 17.8 Å². The fraction of sp³-hybridized carbons (Fsp3) is 0.579. The summed E-state index contributed by atoms with van der Waals surface area (Å²) in [7, 11) is 0. The second-order valence-corrected chi connectivity index (χ2v) is 7.26. The molecule has 2 amide bonds. The number of fused-ring (bicyclic) bond motifs is 2. The highest BCUT2D eigenvalue weighted by atomic mass is 16.2. The third-order valence-electron chi connectivity index (χ3n) is 5.95. The summed E-state index contributed by atoms with van der Waals surface area (Å²) in [6.07, 6.45) is 4.94. The predicted molar refractivity (Wildman–Crippen MR) is 87.9 cm³/mol. The number of hydrogen-bond acceptors (Lipinski definition) is 2. The van der Waals surface area contributed by atoms with Crippen LogP contribution in [0.4, 0.5) is 0 Å². The molecule has 1 aromatic rings. The molecule has 1 heterocycles. The third kappa shape index (κ3) is 2.75. The molecule has 0 unspecified atom stereocenters. The number of amides is 2. The largest absolute Gasteiger partial charge is 0.339 e. The lowest BCUT2D eigenvalue weighted by atomic mass is 9.87. The van der Waals surface area contributed by atoms with E-state index in [0.29, 0.717) is 38.0 Å². The van der Waals surface area contributed by atoms with Crippen LogP contribution in [0.1, 0.15) is 36.0 Å². The van der Waals surface area contributed by atoms with E-state index >= 15 is 0 Å². The molecule has 4 nitrogen and oxygen atoms in total. The fourth-order valence-corrected chi connectivity index (χ4v) is 4.67. The number of piperazine rings is 1. The Morgan fingerprint density at radius 1 is 0.870 bits per heavy atom. The zero-order chi connectivity index (χ0) is 15.8. The minimum absolute atomic E-state index is 0.0811. The lowest BCUT2D eigenvalue weighted by Gasteiger charge is -2.37. The predicted octanol–water partition coefficient (Wildman–Crippen LogP) is 2.41. The van der Waals surface area contributed by atoms with Crippen LogP contribution in [0.25, 0.3) is 0 Å². The molecule has 1 saturated heterocycles. The number of nitrogens with zero attached hydrogens (tertiary/aromatic N) is 2. The van der Waals surface area contributed by atoms with Crippen LogP contribution in [0.15, 0.2) is 30.3 Å². The Kier molecular flexibility index (Phi) is 3.83. The first kappa shape index (κ1) is 14.7. The first-order chi connectivity index (χ1) is 11.2. The van der Waals surface area contributed by atoms with Gasteiger partial charge < -0.3 is 9.80 Å². The summed E-state index contributed by atoms with van der Waals surface area (Å²) in [5, 5.41) is 0.